The first-order valence-electron chi connectivity index (χ1n) is 4.70. The summed E-state index contributed by atoms with van der Waals surface area (Å²) in [5.74, 6) is 0.926. The van der Waals surface area contributed by atoms with E-state index in [2.05, 4.69) is 12.4 Å². The molecule has 1 fully saturated rings. The zero-order valence-corrected chi connectivity index (χ0v) is 7.60. The summed E-state index contributed by atoms with van der Waals surface area (Å²) in [5, 5.41) is 0. The molecule has 1 N–H and O–H groups in total. The lowest BCUT2D eigenvalue weighted by Gasteiger charge is -2.26. The summed E-state index contributed by atoms with van der Waals surface area (Å²) >= 11 is 0. The number of hydrogen-bond acceptors (Lipinski definition) is 2. The fraction of sp³-hybridized carbons (Fsp3) is 1.00. The summed E-state index contributed by atoms with van der Waals surface area (Å²) in [4.78, 5) is 5.16. The van der Waals surface area contributed by atoms with Crippen LogP contribution in [0.1, 0.15) is 39.5 Å². The quantitative estimate of drug-likeness (QED) is 0.633. The van der Waals surface area contributed by atoms with Crippen LogP contribution in [0.15, 0.2) is 0 Å². The first kappa shape index (κ1) is 9.01. The van der Waals surface area contributed by atoms with Crippen molar-refractivity contribution in [2.24, 2.45) is 5.92 Å². The van der Waals surface area contributed by atoms with Gasteiger partial charge < -0.3 is 4.84 Å². The van der Waals surface area contributed by atoms with Crippen LogP contribution in [0.2, 0.25) is 0 Å². The molecule has 0 aliphatic heterocycles. The van der Waals surface area contributed by atoms with Gasteiger partial charge in [0.25, 0.3) is 0 Å². The maximum absolute atomic E-state index is 5.16. The van der Waals surface area contributed by atoms with E-state index in [1.807, 2.05) is 6.92 Å². The van der Waals surface area contributed by atoms with Gasteiger partial charge in [-0.2, -0.15) is 5.48 Å². The normalized spacial score (nSPS) is 32.2. The van der Waals surface area contributed by atoms with E-state index in [4.69, 9.17) is 4.84 Å². The molecule has 2 heteroatoms. The van der Waals surface area contributed by atoms with Crippen molar-refractivity contribution in [2.75, 3.05) is 6.61 Å². The predicted molar refractivity (Wildman–Crippen MR) is 46.2 cm³/mol. The maximum atomic E-state index is 5.16. The van der Waals surface area contributed by atoms with Crippen LogP contribution < -0.4 is 5.48 Å². The average molecular weight is 157 g/mol. The van der Waals surface area contributed by atoms with Crippen LogP contribution in [0, 0.1) is 5.92 Å². The third-order valence-corrected chi connectivity index (χ3v) is 2.41. The van der Waals surface area contributed by atoms with Crippen molar-refractivity contribution in [3.05, 3.63) is 0 Å². The van der Waals surface area contributed by atoms with Gasteiger partial charge in [-0.05, 0) is 38.5 Å². The van der Waals surface area contributed by atoms with Gasteiger partial charge in [-0.15, -0.1) is 0 Å². The Kier molecular flexibility index (Phi) is 3.87. The zero-order valence-electron chi connectivity index (χ0n) is 7.60. The first-order chi connectivity index (χ1) is 5.33. The molecule has 2 nitrogen and oxygen atoms in total. The van der Waals surface area contributed by atoms with Crippen molar-refractivity contribution in [2.45, 2.75) is 45.6 Å². The highest BCUT2D eigenvalue weighted by atomic mass is 16.6. The van der Waals surface area contributed by atoms with Crippen LogP contribution in [0.3, 0.4) is 0 Å². The molecule has 66 valence electrons. The molecule has 0 spiro atoms. The molecule has 11 heavy (non-hydrogen) atoms. The molecule has 0 saturated heterocycles. The Morgan fingerprint density at radius 3 is 2.45 bits per heavy atom. The summed E-state index contributed by atoms with van der Waals surface area (Å²) < 4.78 is 0. The Bertz CT molecular complexity index is 95.0. The standard InChI is InChI=1S/C9H19NO/c1-3-11-10-9-6-4-8(2)5-7-9/h8-10H,3-7H2,1-2H3. The van der Waals surface area contributed by atoms with E-state index in [-0.39, 0.29) is 0 Å². The molecule has 0 amide bonds. The Labute approximate surface area is 69.3 Å². The van der Waals surface area contributed by atoms with Crippen LogP contribution in [-0.4, -0.2) is 12.6 Å². The topological polar surface area (TPSA) is 21.3 Å². The van der Waals surface area contributed by atoms with Crippen molar-refractivity contribution in [3.63, 3.8) is 0 Å². The van der Waals surface area contributed by atoms with E-state index in [0.29, 0.717) is 6.04 Å². The number of hydrogen-bond donors (Lipinski definition) is 1. The Balaban J connectivity index is 2.07. The van der Waals surface area contributed by atoms with Gasteiger partial charge in [0.2, 0.25) is 0 Å². The number of hydroxylamine groups is 1. The van der Waals surface area contributed by atoms with Crippen molar-refractivity contribution in [3.8, 4) is 0 Å². The van der Waals surface area contributed by atoms with E-state index >= 15 is 0 Å². The van der Waals surface area contributed by atoms with Gasteiger partial charge in [0.05, 0.1) is 6.61 Å². The van der Waals surface area contributed by atoms with Gasteiger partial charge >= 0.3 is 0 Å². The largest absolute Gasteiger partial charge is 0.302 e. The molecular formula is C9H19NO. The molecule has 0 atom stereocenters. The summed E-state index contributed by atoms with van der Waals surface area (Å²) in [7, 11) is 0. The highest BCUT2D eigenvalue weighted by molar-refractivity contribution is 4.72. The first-order valence-corrected chi connectivity index (χ1v) is 4.70. The van der Waals surface area contributed by atoms with Crippen LogP contribution in [0.25, 0.3) is 0 Å². The Morgan fingerprint density at radius 2 is 1.91 bits per heavy atom. The molecule has 0 aromatic carbocycles. The molecule has 0 aromatic rings. The summed E-state index contributed by atoms with van der Waals surface area (Å²) in [6, 6.07) is 0.617. The maximum Gasteiger partial charge on any atom is 0.0654 e. The third-order valence-electron chi connectivity index (χ3n) is 2.41. The molecule has 0 radical (unpaired) electrons. The molecular weight excluding hydrogens is 138 g/mol. The fourth-order valence-electron chi connectivity index (χ4n) is 1.58. The van der Waals surface area contributed by atoms with E-state index in [0.717, 1.165) is 12.5 Å². The average Bonchev–Trinajstić information content (AvgIpc) is 2.04. The second-order valence-electron chi connectivity index (χ2n) is 3.51. The molecule has 0 unspecified atom stereocenters. The minimum absolute atomic E-state index is 0.617. The smallest absolute Gasteiger partial charge is 0.0654 e. The van der Waals surface area contributed by atoms with Crippen molar-refractivity contribution in [1.82, 2.24) is 5.48 Å². The predicted octanol–water partition coefficient (Wildman–Crippen LogP) is 2.11. The van der Waals surface area contributed by atoms with E-state index in [1.54, 1.807) is 0 Å². The zero-order chi connectivity index (χ0) is 8.10. The van der Waals surface area contributed by atoms with Crippen LogP contribution in [0.5, 0.6) is 0 Å². The molecule has 1 aliphatic carbocycles. The Morgan fingerprint density at radius 1 is 1.27 bits per heavy atom. The van der Waals surface area contributed by atoms with Gasteiger partial charge in [0.1, 0.15) is 0 Å². The molecule has 0 aromatic heterocycles. The van der Waals surface area contributed by atoms with E-state index in [1.165, 1.54) is 25.7 Å². The number of rotatable bonds is 3. The van der Waals surface area contributed by atoms with Crippen LogP contribution >= 0.6 is 0 Å². The minimum Gasteiger partial charge on any atom is -0.302 e. The molecule has 0 bridgehead atoms. The summed E-state index contributed by atoms with van der Waals surface area (Å²) in [6.07, 6.45) is 5.26. The molecule has 1 saturated carbocycles. The van der Waals surface area contributed by atoms with E-state index in [9.17, 15) is 0 Å². The SMILES string of the molecule is CCONC1CCC(C)CC1. The van der Waals surface area contributed by atoms with Gasteiger partial charge in [-0.1, -0.05) is 6.92 Å². The number of nitrogens with one attached hydrogen (secondary N) is 1. The third kappa shape index (κ3) is 3.21. The van der Waals surface area contributed by atoms with Gasteiger partial charge in [0, 0.05) is 6.04 Å². The van der Waals surface area contributed by atoms with Gasteiger partial charge in [-0.3, -0.25) is 0 Å². The lowest BCUT2D eigenvalue weighted by molar-refractivity contribution is 0.0119. The minimum atomic E-state index is 0.617. The lowest BCUT2D eigenvalue weighted by Crippen LogP contribution is -2.32. The molecule has 1 aliphatic rings. The summed E-state index contributed by atoms with van der Waals surface area (Å²) in [6.45, 7) is 5.11. The monoisotopic (exact) mass is 157 g/mol. The second kappa shape index (κ2) is 4.73. The Hall–Kier alpha value is -0.0800. The highest BCUT2D eigenvalue weighted by Gasteiger charge is 2.17. The van der Waals surface area contributed by atoms with Crippen molar-refractivity contribution < 1.29 is 4.84 Å². The van der Waals surface area contributed by atoms with E-state index < -0.39 is 0 Å². The highest BCUT2D eigenvalue weighted by Crippen LogP contribution is 2.23. The van der Waals surface area contributed by atoms with Gasteiger partial charge in [0.15, 0.2) is 0 Å². The molecule has 1 rings (SSSR count). The van der Waals surface area contributed by atoms with Gasteiger partial charge in [-0.25, -0.2) is 0 Å². The lowest BCUT2D eigenvalue weighted by atomic mass is 9.88. The van der Waals surface area contributed by atoms with Crippen molar-refractivity contribution >= 4 is 0 Å². The fourth-order valence-corrected chi connectivity index (χ4v) is 1.58. The van der Waals surface area contributed by atoms with Crippen molar-refractivity contribution in [1.29, 1.82) is 0 Å². The second-order valence-corrected chi connectivity index (χ2v) is 3.51. The van der Waals surface area contributed by atoms with Crippen LogP contribution in [-0.2, 0) is 4.84 Å². The summed E-state index contributed by atoms with van der Waals surface area (Å²) in [5.41, 5.74) is 3.09. The molecule has 0 heterocycles. The van der Waals surface area contributed by atoms with Crippen LogP contribution in [0.4, 0.5) is 0 Å².